The van der Waals surface area contributed by atoms with E-state index in [1.54, 1.807) is 18.4 Å². The molecule has 4 heteroatoms. The number of furan rings is 1. The molecule has 0 fully saturated rings. The lowest BCUT2D eigenvalue weighted by Crippen LogP contribution is -2.17. The predicted octanol–water partition coefficient (Wildman–Crippen LogP) is 4.28. The second-order valence-electron chi connectivity index (χ2n) is 4.02. The van der Waals surface area contributed by atoms with Crippen LogP contribution in [0.4, 0.5) is 0 Å². The van der Waals surface area contributed by atoms with Crippen LogP contribution < -0.4 is 5.32 Å². The maximum atomic E-state index is 6.18. The Labute approximate surface area is 111 Å². The zero-order valence-electron chi connectivity index (χ0n) is 9.72. The van der Waals surface area contributed by atoms with Crippen LogP contribution in [0.2, 0.25) is 10.0 Å². The van der Waals surface area contributed by atoms with Crippen molar-refractivity contribution in [1.29, 1.82) is 0 Å². The average Bonchev–Trinajstić information content (AvgIpc) is 2.68. The van der Waals surface area contributed by atoms with E-state index in [2.05, 4.69) is 12.2 Å². The first-order valence-electron chi connectivity index (χ1n) is 5.78. The van der Waals surface area contributed by atoms with Crippen LogP contribution in [0.3, 0.4) is 0 Å². The largest absolute Gasteiger partial charge is 0.464 e. The Kier molecular flexibility index (Phi) is 4.32. The van der Waals surface area contributed by atoms with Crippen molar-refractivity contribution in [3.05, 3.63) is 34.0 Å². The van der Waals surface area contributed by atoms with Gasteiger partial charge >= 0.3 is 0 Å². The number of halogens is 2. The van der Waals surface area contributed by atoms with E-state index in [0.29, 0.717) is 10.0 Å². The third-order valence-corrected chi connectivity index (χ3v) is 3.18. The molecule has 0 bridgehead atoms. The Bertz CT molecular complexity index is 507. The normalized spacial score (nSPS) is 11.2. The molecule has 92 valence electrons. The van der Waals surface area contributed by atoms with E-state index < -0.39 is 0 Å². The van der Waals surface area contributed by atoms with Gasteiger partial charge in [0.1, 0.15) is 5.58 Å². The molecule has 0 atom stereocenters. The second-order valence-corrected chi connectivity index (χ2v) is 4.87. The quantitative estimate of drug-likeness (QED) is 0.822. The van der Waals surface area contributed by atoms with E-state index in [1.165, 1.54) is 0 Å². The van der Waals surface area contributed by atoms with Crippen LogP contribution in [0.25, 0.3) is 11.0 Å². The molecule has 1 N–H and O–H groups in total. The maximum absolute atomic E-state index is 6.18. The molecular formula is C13H15Cl2NO. The number of hydrogen-bond donors (Lipinski definition) is 1. The molecule has 0 spiro atoms. The average molecular weight is 272 g/mol. The van der Waals surface area contributed by atoms with Gasteiger partial charge in [-0.25, -0.2) is 0 Å². The molecule has 0 amide bonds. The molecule has 17 heavy (non-hydrogen) atoms. The van der Waals surface area contributed by atoms with Crippen LogP contribution in [0, 0.1) is 0 Å². The van der Waals surface area contributed by atoms with Gasteiger partial charge in [0.05, 0.1) is 11.3 Å². The fourth-order valence-electron chi connectivity index (χ4n) is 1.86. The molecule has 0 aliphatic heterocycles. The van der Waals surface area contributed by atoms with E-state index in [9.17, 15) is 0 Å². The van der Waals surface area contributed by atoms with Crippen LogP contribution in [-0.2, 0) is 6.42 Å². The summed E-state index contributed by atoms with van der Waals surface area (Å²) in [7, 11) is 0. The van der Waals surface area contributed by atoms with Crippen molar-refractivity contribution in [1.82, 2.24) is 5.32 Å². The molecule has 2 aromatic rings. The monoisotopic (exact) mass is 271 g/mol. The summed E-state index contributed by atoms with van der Waals surface area (Å²) in [4.78, 5) is 0. The second kappa shape index (κ2) is 5.76. The van der Waals surface area contributed by atoms with Crippen molar-refractivity contribution in [3.8, 4) is 0 Å². The number of fused-ring (bicyclic) bond motifs is 1. The summed E-state index contributed by atoms with van der Waals surface area (Å²) >= 11 is 12.1. The molecule has 0 unspecified atom stereocenters. The van der Waals surface area contributed by atoms with Gasteiger partial charge in [-0.05, 0) is 32.0 Å². The molecule has 2 rings (SSSR count). The molecule has 0 saturated carbocycles. The van der Waals surface area contributed by atoms with Gasteiger partial charge in [-0.3, -0.25) is 0 Å². The fraction of sp³-hybridized carbons (Fsp3) is 0.385. The smallest absolute Gasteiger partial charge is 0.137 e. The Hall–Kier alpha value is -0.700. The summed E-state index contributed by atoms with van der Waals surface area (Å²) in [6.07, 6.45) is 3.82. The Balaban J connectivity index is 2.18. The minimum atomic E-state index is 0.604. The third kappa shape index (κ3) is 2.95. The van der Waals surface area contributed by atoms with Crippen LogP contribution in [-0.4, -0.2) is 13.1 Å². The number of benzene rings is 1. The molecule has 0 aliphatic rings. The lowest BCUT2D eigenvalue weighted by Gasteiger charge is -2.02. The van der Waals surface area contributed by atoms with E-state index >= 15 is 0 Å². The number of hydrogen-bond acceptors (Lipinski definition) is 2. The van der Waals surface area contributed by atoms with Crippen LogP contribution in [0.5, 0.6) is 0 Å². The van der Waals surface area contributed by atoms with Gasteiger partial charge in [0.15, 0.2) is 0 Å². The summed E-state index contributed by atoms with van der Waals surface area (Å²) in [5, 5.41) is 5.60. The van der Waals surface area contributed by atoms with E-state index in [4.69, 9.17) is 27.6 Å². The van der Waals surface area contributed by atoms with Crippen molar-refractivity contribution >= 4 is 34.2 Å². The van der Waals surface area contributed by atoms with Gasteiger partial charge in [0.2, 0.25) is 0 Å². The van der Waals surface area contributed by atoms with E-state index in [0.717, 1.165) is 42.5 Å². The highest BCUT2D eigenvalue weighted by atomic mass is 35.5. The van der Waals surface area contributed by atoms with Crippen molar-refractivity contribution in [2.45, 2.75) is 19.8 Å². The van der Waals surface area contributed by atoms with E-state index in [-0.39, 0.29) is 0 Å². The first kappa shape index (κ1) is 12.7. The highest BCUT2D eigenvalue weighted by molar-refractivity contribution is 6.38. The Morgan fingerprint density at radius 2 is 2.06 bits per heavy atom. The SMILES string of the molecule is CCCNCCc1coc2cc(Cl)cc(Cl)c12. The number of rotatable bonds is 5. The molecule has 0 radical (unpaired) electrons. The molecule has 1 aromatic carbocycles. The summed E-state index contributed by atoms with van der Waals surface area (Å²) in [5.41, 5.74) is 1.89. The summed E-state index contributed by atoms with van der Waals surface area (Å²) in [6, 6.07) is 3.55. The fourth-order valence-corrected chi connectivity index (χ4v) is 2.45. The molecule has 0 aliphatic carbocycles. The van der Waals surface area contributed by atoms with Crippen LogP contribution in [0.15, 0.2) is 22.8 Å². The van der Waals surface area contributed by atoms with Gasteiger partial charge in [0, 0.05) is 22.0 Å². The van der Waals surface area contributed by atoms with Gasteiger partial charge in [-0.2, -0.15) is 0 Å². The topological polar surface area (TPSA) is 25.2 Å². The first-order chi connectivity index (χ1) is 8.22. The summed E-state index contributed by atoms with van der Waals surface area (Å²) < 4.78 is 5.47. The molecule has 1 heterocycles. The molecule has 2 nitrogen and oxygen atoms in total. The Morgan fingerprint density at radius 1 is 1.24 bits per heavy atom. The molecular weight excluding hydrogens is 257 g/mol. The van der Waals surface area contributed by atoms with Crippen molar-refractivity contribution in [2.75, 3.05) is 13.1 Å². The highest BCUT2D eigenvalue weighted by Crippen LogP contribution is 2.32. The van der Waals surface area contributed by atoms with Gasteiger partial charge in [0.25, 0.3) is 0 Å². The van der Waals surface area contributed by atoms with Crippen LogP contribution >= 0.6 is 23.2 Å². The molecule has 1 aromatic heterocycles. The first-order valence-corrected chi connectivity index (χ1v) is 6.53. The lowest BCUT2D eigenvalue weighted by atomic mass is 10.1. The van der Waals surface area contributed by atoms with Crippen molar-refractivity contribution in [3.63, 3.8) is 0 Å². The minimum Gasteiger partial charge on any atom is -0.464 e. The third-order valence-electron chi connectivity index (χ3n) is 2.67. The zero-order chi connectivity index (χ0) is 12.3. The van der Waals surface area contributed by atoms with Crippen molar-refractivity contribution < 1.29 is 4.42 Å². The maximum Gasteiger partial charge on any atom is 0.137 e. The lowest BCUT2D eigenvalue weighted by molar-refractivity contribution is 0.605. The van der Waals surface area contributed by atoms with Gasteiger partial charge < -0.3 is 9.73 Å². The highest BCUT2D eigenvalue weighted by Gasteiger charge is 2.10. The van der Waals surface area contributed by atoms with Crippen molar-refractivity contribution in [2.24, 2.45) is 0 Å². The molecule has 0 saturated heterocycles. The Morgan fingerprint density at radius 3 is 2.82 bits per heavy atom. The summed E-state index contributed by atoms with van der Waals surface area (Å²) in [5.74, 6) is 0. The number of nitrogens with one attached hydrogen (secondary N) is 1. The van der Waals surface area contributed by atoms with Gasteiger partial charge in [-0.1, -0.05) is 30.1 Å². The minimum absolute atomic E-state index is 0.604. The van der Waals surface area contributed by atoms with E-state index in [1.807, 2.05) is 0 Å². The predicted molar refractivity (Wildman–Crippen MR) is 73.1 cm³/mol. The van der Waals surface area contributed by atoms with Gasteiger partial charge in [-0.15, -0.1) is 0 Å². The van der Waals surface area contributed by atoms with Crippen LogP contribution in [0.1, 0.15) is 18.9 Å². The summed E-state index contributed by atoms with van der Waals surface area (Å²) in [6.45, 7) is 4.12. The standard InChI is InChI=1S/C13H15Cl2NO/c1-2-4-16-5-3-9-8-17-12-7-10(14)6-11(15)13(9)12/h6-8,16H,2-5H2,1H3. The zero-order valence-corrected chi connectivity index (χ0v) is 11.2.